The fraction of sp³-hybridized carbons (Fsp3) is 0.333. The van der Waals surface area contributed by atoms with Crippen molar-refractivity contribution in [1.29, 1.82) is 0 Å². The maximum atomic E-state index is 6.09. The van der Waals surface area contributed by atoms with E-state index >= 15 is 0 Å². The predicted octanol–water partition coefficient (Wildman–Crippen LogP) is 2.20. The highest BCUT2D eigenvalue weighted by Crippen LogP contribution is 2.40. The number of benzene rings is 1. The van der Waals surface area contributed by atoms with Gasteiger partial charge in [-0.15, -0.1) is 11.6 Å². The van der Waals surface area contributed by atoms with E-state index in [1.54, 1.807) is 0 Å². The molecule has 0 aliphatic heterocycles. The standard InChI is InChI=1S/C9H9Cl2N/c10-8-5-6-3-1-2-4-7(6)9(8,11)12/h1-4,8H,5,12H2. The van der Waals surface area contributed by atoms with E-state index in [1.165, 1.54) is 0 Å². The van der Waals surface area contributed by atoms with Crippen LogP contribution in [0, 0.1) is 0 Å². The summed E-state index contributed by atoms with van der Waals surface area (Å²) in [7, 11) is 0. The number of rotatable bonds is 0. The molecule has 2 rings (SSSR count). The SMILES string of the molecule is NC1(Cl)c2ccccc2CC1Cl. The van der Waals surface area contributed by atoms with E-state index in [2.05, 4.69) is 0 Å². The number of fused-ring (bicyclic) bond motifs is 1. The largest absolute Gasteiger partial charge is 0.308 e. The normalized spacial score (nSPS) is 33.4. The lowest BCUT2D eigenvalue weighted by molar-refractivity contribution is 0.642. The second-order valence-corrected chi connectivity index (χ2v) is 4.25. The fourth-order valence-electron chi connectivity index (χ4n) is 1.58. The Morgan fingerprint density at radius 1 is 1.42 bits per heavy atom. The number of hydrogen-bond donors (Lipinski definition) is 1. The average Bonchev–Trinajstić information content (AvgIpc) is 2.25. The average molecular weight is 202 g/mol. The zero-order valence-corrected chi connectivity index (χ0v) is 7.94. The van der Waals surface area contributed by atoms with Crippen LogP contribution in [0.25, 0.3) is 0 Å². The van der Waals surface area contributed by atoms with Crippen LogP contribution < -0.4 is 5.73 Å². The number of halogens is 2. The lowest BCUT2D eigenvalue weighted by Crippen LogP contribution is -2.35. The van der Waals surface area contributed by atoms with Gasteiger partial charge in [0, 0.05) is 0 Å². The third-order valence-corrected chi connectivity index (χ3v) is 3.36. The molecule has 1 aliphatic carbocycles. The molecule has 64 valence electrons. The van der Waals surface area contributed by atoms with Gasteiger partial charge in [0.15, 0.2) is 0 Å². The second-order valence-electron chi connectivity index (χ2n) is 3.10. The molecule has 2 N–H and O–H groups in total. The third-order valence-electron chi connectivity index (χ3n) is 2.29. The summed E-state index contributed by atoms with van der Waals surface area (Å²) in [5.74, 6) is 0. The van der Waals surface area contributed by atoms with Crippen LogP contribution in [0.5, 0.6) is 0 Å². The van der Waals surface area contributed by atoms with Gasteiger partial charge in [-0.1, -0.05) is 35.9 Å². The summed E-state index contributed by atoms with van der Waals surface area (Å²) in [5.41, 5.74) is 7.99. The summed E-state index contributed by atoms with van der Waals surface area (Å²) in [6.07, 6.45) is 0.762. The van der Waals surface area contributed by atoms with E-state index in [1.807, 2.05) is 24.3 Å². The molecule has 2 unspecified atom stereocenters. The highest BCUT2D eigenvalue weighted by molar-refractivity contribution is 6.33. The van der Waals surface area contributed by atoms with Crippen molar-refractivity contribution < 1.29 is 0 Å². The molecular weight excluding hydrogens is 193 g/mol. The molecule has 1 aliphatic rings. The Morgan fingerprint density at radius 3 is 2.75 bits per heavy atom. The van der Waals surface area contributed by atoms with Crippen LogP contribution in [0.3, 0.4) is 0 Å². The fourth-order valence-corrected chi connectivity index (χ4v) is 2.13. The van der Waals surface area contributed by atoms with Crippen molar-refractivity contribution in [3.8, 4) is 0 Å². The lowest BCUT2D eigenvalue weighted by Gasteiger charge is -2.19. The molecule has 0 fully saturated rings. The summed E-state index contributed by atoms with van der Waals surface area (Å²) in [6.45, 7) is 0. The van der Waals surface area contributed by atoms with Gasteiger partial charge >= 0.3 is 0 Å². The first-order valence-corrected chi connectivity index (χ1v) is 4.64. The van der Waals surface area contributed by atoms with E-state index < -0.39 is 5.00 Å². The second kappa shape index (κ2) is 2.63. The summed E-state index contributed by atoms with van der Waals surface area (Å²) < 4.78 is 0. The van der Waals surface area contributed by atoms with Gasteiger partial charge in [-0.2, -0.15) is 0 Å². The Labute approximate surface area is 81.5 Å². The molecule has 0 amide bonds. The van der Waals surface area contributed by atoms with Crippen molar-refractivity contribution in [2.75, 3.05) is 0 Å². The van der Waals surface area contributed by atoms with E-state index in [0.717, 1.165) is 17.5 Å². The van der Waals surface area contributed by atoms with Gasteiger partial charge in [0.05, 0.1) is 5.38 Å². The Hall–Kier alpha value is -0.240. The molecule has 3 heteroatoms. The van der Waals surface area contributed by atoms with Crippen molar-refractivity contribution in [3.05, 3.63) is 35.4 Å². The minimum Gasteiger partial charge on any atom is -0.308 e. The molecule has 0 radical (unpaired) electrons. The van der Waals surface area contributed by atoms with Crippen molar-refractivity contribution in [2.45, 2.75) is 16.8 Å². The molecule has 0 bridgehead atoms. The highest BCUT2D eigenvalue weighted by atomic mass is 35.5. The van der Waals surface area contributed by atoms with Gasteiger partial charge in [0.1, 0.15) is 5.00 Å². The van der Waals surface area contributed by atoms with E-state index in [4.69, 9.17) is 28.9 Å². The van der Waals surface area contributed by atoms with Crippen LogP contribution in [0.4, 0.5) is 0 Å². The van der Waals surface area contributed by atoms with Crippen LogP contribution in [0.2, 0.25) is 0 Å². The van der Waals surface area contributed by atoms with Gasteiger partial charge in [-0.05, 0) is 17.5 Å². The maximum Gasteiger partial charge on any atom is 0.134 e. The van der Waals surface area contributed by atoms with Crippen molar-refractivity contribution in [3.63, 3.8) is 0 Å². The number of alkyl halides is 2. The topological polar surface area (TPSA) is 26.0 Å². The summed E-state index contributed by atoms with van der Waals surface area (Å²) in [4.78, 5) is -0.877. The summed E-state index contributed by atoms with van der Waals surface area (Å²) in [5, 5.41) is -0.198. The van der Waals surface area contributed by atoms with Crippen molar-refractivity contribution in [2.24, 2.45) is 5.73 Å². The van der Waals surface area contributed by atoms with Gasteiger partial charge in [-0.3, -0.25) is 0 Å². The zero-order valence-electron chi connectivity index (χ0n) is 6.43. The molecule has 1 aromatic rings. The van der Waals surface area contributed by atoms with Crippen LogP contribution in [-0.2, 0) is 11.4 Å². The third kappa shape index (κ3) is 1.05. The van der Waals surface area contributed by atoms with Gasteiger partial charge in [-0.25, -0.2) is 0 Å². The Kier molecular flexibility index (Phi) is 1.83. The molecule has 0 spiro atoms. The van der Waals surface area contributed by atoms with Gasteiger partial charge in [0.25, 0.3) is 0 Å². The van der Waals surface area contributed by atoms with Crippen LogP contribution in [0.1, 0.15) is 11.1 Å². The molecule has 2 atom stereocenters. The van der Waals surface area contributed by atoms with Gasteiger partial charge in [0.2, 0.25) is 0 Å². The van der Waals surface area contributed by atoms with Crippen molar-refractivity contribution >= 4 is 23.2 Å². The molecule has 1 aromatic carbocycles. The first-order chi connectivity index (χ1) is 5.62. The van der Waals surface area contributed by atoms with E-state index in [0.29, 0.717) is 0 Å². The molecule has 12 heavy (non-hydrogen) atoms. The van der Waals surface area contributed by atoms with E-state index in [9.17, 15) is 0 Å². The highest BCUT2D eigenvalue weighted by Gasteiger charge is 2.40. The first-order valence-electron chi connectivity index (χ1n) is 3.82. The quantitative estimate of drug-likeness (QED) is 0.506. The van der Waals surface area contributed by atoms with E-state index in [-0.39, 0.29) is 5.38 Å². The monoisotopic (exact) mass is 201 g/mol. The maximum absolute atomic E-state index is 6.09. The van der Waals surface area contributed by atoms with Gasteiger partial charge < -0.3 is 5.73 Å². The Morgan fingerprint density at radius 2 is 2.08 bits per heavy atom. The molecule has 0 aromatic heterocycles. The molecule has 0 saturated carbocycles. The Balaban J connectivity index is 2.55. The van der Waals surface area contributed by atoms with Crippen LogP contribution in [-0.4, -0.2) is 5.38 Å². The lowest BCUT2D eigenvalue weighted by atomic mass is 10.1. The van der Waals surface area contributed by atoms with Crippen LogP contribution >= 0.6 is 23.2 Å². The minimum atomic E-state index is -0.877. The molecule has 0 heterocycles. The smallest absolute Gasteiger partial charge is 0.134 e. The predicted molar refractivity (Wildman–Crippen MR) is 51.5 cm³/mol. The summed E-state index contributed by atoms with van der Waals surface area (Å²) in [6, 6.07) is 7.85. The number of nitrogens with two attached hydrogens (primary N) is 1. The first kappa shape index (κ1) is 8.36. The molecule has 1 nitrogen and oxygen atoms in total. The summed E-state index contributed by atoms with van der Waals surface area (Å²) >= 11 is 12.1. The zero-order chi connectivity index (χ0) is 8.77. The van der Waals surface area contributed by atoms with Crippen molar-refractivity contribution in [1.82, 2.24) is 0 Å². The Bertz CT molecular complexity index is 309. The molecule has 0 saturated heterocycles. The van der Waals surface area contributed by atoms with Crippen LogP contribution in [0.15, 0.2) is 24.3 Å². The number of hydrogen-bond acceptors (Lipinski definition) is 1. The molecular formula is C9H9Cl2N. The minimum absolute atomic E-state index is 0.198.